The summed E-state index contributed by atoms with van der Waals surface area (Å²) in [5.74, 6) is -0.183. The highest BCUT2D eigenvalue weighted by Crippen LogP contribution is 2.26. The van der Waals surface area contributed by atoms with E-state index in [2.05, 4.69) is 6.92 Å². The van der Waals surface area contributed by atoms with Crippen LogP contribution in [0.5, 0.6) is 0 Å². The van der Waals surface area contributed by atoms with Gasteiger partial charge in [0.15, 0.2) is 0 Å². The molecule has 0 saturated heterocycles. The summed E-state index contributed by atoms with van der Waals surface area (Å²) in [6.45, 7) is 5.81. The van der Waals surface area contributed by atoms with Gasteiger partial charge in [-0.2, -0.15) is 0 Å². The quantitative estimate of drug-likeness (QED) is 0.651. The van der Waals surface area contributed by atoms with Crippen molar-refractivity contribution in [3.8, 4) is 11.1 Å². The Morgan fingerprint density at radius 3 is 2.40 bits per heavy atom. The van der Waals surface area contributed by atoms with Crippen LogP contribution in [0, 0.1) is 19.7 Å². The third-order valence-electron chi connectivity index (χ3n) is 2.45. The van der Waals surface area contributed by atoms with Crippen LogP contribution in [0.2, 0.25) is 0 Å². The smallest absolute Gasteiger partial charge is 0.131 e. The zero-order valence-corrected chi connectivity index (χ0v) is 8.63. The first kappa shape index (κ1) is 9.91. The molecule has 0 aliphatic rings. The lowest BCUT2D eigenvalue weighted by Crippen LogP contribution is -1.87. The molecular weight excluding hydrogens is 187 g/mol. The minimum absolute atomic E-state index is 0.183. The van der Waals surface area contributed by atoms with E-state index in [9.17, 15) is 4.39 Å². The molecule has 0 fully saturated rings. The second-order valence-corrected chi connectivity index (χ2v) is 3.63. The maximum atomic E-state index is 13.5. The van der Waals surface area contributed by atoms with Gasteiger partial charge in [0.05, 0.1) is 0 Å². The molecule has 15 heavy (non-hydrogen) atoms. The van der Waals surface area contributed by atoms with E-state index in [1.54, 1.807) is 12.1 Å². The van der Waals surface area contributed by atoms with Crippen LogP contribution in [0.25, 0.3) is 11.1 Å². The van der Waals surface area contributed by atoms with Gasteiger partial charge in [0.2, 0.25) is 0 Å². The first-order valence-electron chi connectivity index (χ1n) is 4.86. The predicted molar refractivity (Wildman–Crippen MR) is 61.0 cm³/mol. The number of rotatable bonds is 1. The van der Waals surface area contributed by atoms with Crippen molar-refractivity contribution < 1.29 is 4.39 Å². The van der Waals surface area contributed by atoms with Gasteiger partial charge in [0.25, 0.3) is 0 Å². The van der Waals surface area contributed by atoms with Gasteiger partial charge >= 0.3 is 0 Å². The molecule has 0 aliphatic carbocycles. The van der Waals surface area contributed by atoms with Crippen LogP contribution in [-0.4, -0.2) is 0 Å². The van der Waals surface area contributed by atoms with Gasteiger partial charge in [-0.1, -0.05) is 36.4 Å². The molecule has 2 rings (SSSR count). The molecule has 0 aliphatic heterocycles. The van der Waals surface area contributed by atoms with Crippen LogP contribution in [0.4, 0.5) is 4.39 Å². The Morgan fingerprint density at radius 1 is 1.00 bits per heavy atom. The molecule has 0 bridgehead atoms. The molecule has 75 valence electrons. The highest BCUT2D eigenvalue weighted by atomic mass is 19.1. The fraction of sp³-hybridized carbons (Fsp3) is 0.0714. The molecule has 0 N–H and O–H groups in total. The Hall–Kier alpha value is -1.63. The SMILES string of the molecule is [CH2]c1ccc(-c2ccccc2F)c(C)c1. The summed E-state index contributed by atoms with van der Waals surface area (Å²) in [6.07, 6.45) is 0. The van der Waals surface area contributed by atoms with E-state index in [0.29, 0.717) is 5.56 Å². The number of aryl methyl sites for hydroxylation is 1. The maximum Gasteiger partial charge on any atom is 0.131 e. The van der Waals surface area contributed by atoms with Gasteiger partial charge < -0.3 is 0 Å². The highest BCUT2D eigenvalue weighted by molar-refractivity contribution is 5.68. The molecule has 0 aromatic heterocycles. The lowest BCUT2D eigenvalue weighted by molar-refractivity contribution is 0.631. The molecule has 0 nitrogen and oxygen atoms in total. The van der Waals surface area contributed by atoms with Crippen molar-refractivity contribution in [1.29, 1.82) is 0 Å². The molecule has 0 unspecified atom stereocenters. The molecule has 2 aromatic rings. The molecule has 1 radical (unpaired) electrons. The second kappa shape index (κ2) is 3.85. The van der Waals surface area contributed by atoms with Crippen LogP contribution in [0.15, 0.2) is 42.5 Å². The number of hydrogen-bond acceptors (Lipinski definition) is 0. The van der Waals surface area contributed by atoms with Crippen molar-refractivity contribution in [1.82, 2.24) is 0 Å². The Balaban J connectivity index is 2.60. The minimum Gasteiger partial charge on any atom is -0.206 e. The fourth-order valence-corrected chi connectivity index (χ4v) is 1.71. The fourth-order valence-electron chi connectivity index (χ4n) is 1.71. The summed E-state index contributed by atoms with van der Waals surface area (Å²) in [6, 6.07) is 12.6. The maximum absolute atomic E-state index is 13.5. The van der Waals surface area contributed by atoms with Crippen molar-refractivity contribution in [2.45, 2.75) is 6.92 Å². The summed E-state index contributed by atoms with van der Waals surface area (Å²) in [7, 11) is 0. The molecule has 0 atom stereocenters. The van der Waals surface area contributed by atoms with Gasteiger partial charge in [0.1, 0.15) is 5.82 Å². The standard InChI is InChI=1S/C14H12F/c1-10-7-8-12(11(2)9-10)13-5-3-4-6-14(13)15/h3-9H,1H2,2H3. The van der Waals surface area contributed by atoms with Crippen molar-refractivity contribution in [3.05, 3.63) is 66.3 Å². The van der Waals surface area contributed by atoms with E-state index in [1.807, 2.05) is 31.2 Å². The van der Waals surface area contributed by atoms with E-state index in [1.165, 1.54) is 6.07 Å². The second-order valence-electron chi connectivity index (χ2n) is 3.63. The summed E-state index contributed by atoms with van der Waals surface area (Å²) >= 11 is 0. The highest BCUT2D eigenvalue weighted by Gasteiger charge is 2.06. The van der Waals surface area contributed by atoms with Crippen LogP contribution >= 0.6 is 0 Å². The zero-order valence-electron chi connectivity index (χ0n) is 8.63. The zero-order chi connectivity index (χ0) is 10.8. The van der Waals surface area contributed by atoms with Crippen molar-refractivity contribution >= 4 is 0 Å². The third-order valence-corrected chi connectivity index (χ3v) is 2.45. The lowest BCUT2D eigenvalue weighted by Gasteiger charge is -2.07. The van der Waals surface area contributed by atoms with E-state index in [0.717, 1.165) is 16.7 Å². The van der Waals surface area contributed by atoms with E-state index >= 15 is 0 Å². The molecule has 0 amide bonds. The van der Waals surface area contributed by atoms with Crippen LogP contribution < -0.4 is 0 Å². The van der Waals surface area contributed by atoms with Crippen LogP contribution in [0.1, 0.15) is 11.1 Å². The average Bonchev–Trinajstić information content (AvgIpc) is 2.20. The predicted octanol–water partition coefficient (Wildman–Crippen LogP) is 3.98. The number of hydrogen-bond donors (Lipinski definition) is 0. The summed E-state index contributed by atoms with van der Waals surface area (Å²) in [4.78, 5) is 0. The summed E-state index contributed by atoms with van der Waals surface area (Å²) in [5.41, 5.74) is 3.58. The lowest BCUT2D eigenvalue weighted by atomic mass is 9.98. The van der Waals surface area contributed by atoms with Gasteiger partial charge in [-0.3, -0.25) is 0 Å². The van der Waals surface area contributed by atoms with Gasteiger partial charge in [-0.15, -0.1) is 0 Å². The van der Waals surface area contributed by atoms with Crippen molar-refractivity contribution in [3.63, 3.8) is 0 Å². The normalized spacial score (nSPS) is 10.3. The minimum atomic E-state index is -0.183. The van der Waals surface area contributed by atoms with Crippen LogP contribution in [0.3, 0.4) is 0 Å². The molecule has 2 aromatic carbocycles. The van der Waals surface area contributed by atoms with Gasteiger partial charge in [-0.05, 0) is 36.6 Å². The van der Waals surface area contributed by atoms with E-state index < -0.39 is 0 Å². The van der Waals surface area contributed by atoms with Crippen molar-refractivity contribution in [2.24, 2.45) is 0 Å². The van der Waals surface area contributed by atoms with Crippen LogP contribution in [-0.2, 0) is 0 Å². The molecule has 0 spiro atoms. The Bertz CT molecular complexity index is 486. The number of benzene rings is 2. The Morgan fingerprint density at radius 2 is 1.73 bits per heavy atom. The molecular formula is C14H12F. The van der Waals surface area contributed by atoms with Gasteiger partial charge in [0, 0.05) is 5.56 Å². The molecule has 0 saturated carbocycles. The van der Waals surface area contributed by atoms with E-state index in [-0.39, 0.29) is 5.82 Å². The third kappa shape index (κ3) is 1.91. The summed E-state index contributed by atoms with van der Waals surface area (Å²) in [5, 5.41) is 0. The Kier molecular flexibility index (Phi) is 2.55. The summed E-state index contributed by atoms with van der Waals surface area (Å²) < 4.78 is 13.5. The largest absolute Gasteiger partial charge is 0.206 e. The first-order chi connectivity index (χ1) is 7.18. The number of halogens is 1. The Labute approximate surface area is 89.4 Å². The van der Waals surface area contributed by atoms with E-state index in [4.69, 9.17) is 0 Å². The first-order valence-corrected chi connectivity index (χ1v) is 4.86. The average molecular weight is 199 g/mol. The molecule has 0 heterocycles. The topological polar surface area (TPSA) is 0 Å². The monoisotopic (exact) mass is 199 g/mol. The van der Waals surface area contributed by atoms with Gasteiger partial charge in [-0.25, -0.2) is 4.39 Å². The van der Waals surface area contributed by atoms with Crippen molar-refractivity contribution in [2.75, 3.05) is 0 Å². The molecule has 1 heteroatoms.